The maximum absolute atomic E-state index is 12.5. The SMILES string of the molecule is Cc1ccc2c(c1)C(N1CCCCC1)c1c(C(N)=O)nn(-c3ccc(Cl)cc3Cl)c1-2. The van der Waals surface area contributed by atoms with E-state index in [2.05, 4.69) is 35.1 Å². The Bertz CT molecular complexity index is 1160. The molecule has 7 heteroatoms. The highest BCUT2D eigenvalue weighted by molar-refractivity contribution is 6.35. The third-order valence-corrected chi connectivity index (χ3v) is 6.62. The van der Waals surface area contributed by atoms with Gasteiger partial charge in [0, 0.05) is 16.1 Å². The lowest BCUT2D eigenvalue weighted by Crippen LogP contribution is -2.34. The smallest absolute Gasteiger partial charge is 0.269 e. The number of benzene rings is 2. The normalized spacial score (nSPS) is 18.3. The predicted octanol–water partition coefficient (Wildman–Crippen LogP) is 5.14. The lowest BCUT2D eigenvalue weighted by atomic mass is 9.98. The van der Waals surface area contributed by atoms with Crippen molar-refractivity contribution in [3.05, 3.63) is 68.8 Å². The molecule has 0 bridgehead atoms. The van der Waals surface area contributed by atoms with Crippen LogP contribution in [0.2, 0.25) is 10.0 Å². The number of nitrogens with two attached hydrogens (primary N) is 1. The highest BCUT2D eigenvalue weighted by Crippen LogP contribution is 2.50. The van der Waals surface area contributed by atoms with E-state index in [9.17, 15) is 4.79 Å². The van der Waals surface area contributed by atoms with Crippen molar-refractivity contribution in [2.75, 3.05) is 13.1 Å². The third kappa shape index (κ3) is 3.04. The molecule has 0 spiro atoms. The summed E-state index contributed by atoms with van der Waals surface area (Å²) in [6.45, 7) is 4.07. The molecule has 2 N–H and O–H groups in total. The van der Waals surface area contributed by atoms with E-state index in [1.165, 1.54) is 17.5 Å². The Morgan fingerprint density at radius 2 is 1.87 bits per heavy atom. The summed E-state index contributed by atoms with van der Waals surface area (Å²) in [6, 6.07) is 11.7. The molecule has 1 unspecified atom stereocenters. The highest BCUT2D eigenvalue weighted by Gasteiger charge is 2.41. The molecule has 1 aliphatic heterocycles. The average Bonchev–Trinajstić information content (AvgIpc) is 3.24. The summed E-state index contributed by atoms with van der Waals surface area (Å²) in [5, 5.41) is 5.66. The molecule has 1 atom stereocenters. The lowest BCUT2D eigenvalue weighted by molar-refractivity contribution is 0.0991. The van der Waals surface area contributed by atoms with E-state index in [0.717, 1.165) is 42.8 Å². The molecule has 2 aliphatic rings. The number of likely N-dealkylation sites (tertiary alicyclic amines) is 1. The molecule has 1 amide bonds. The molecule has 2 heterocycles. The number of amides is 1. The summed E-state index contributed by atoms with van der Waals surface area (Å²) < 4.78 is 1.76. The second kappa shape index (κ2) is 7.41. The van der Waals surface area contributed by atoms with E-state index >= 15 is 0 Å². The van der Waals surface area contributed by atoms with Crippen molar-refractivity contribution >= 4 is 29.1 Å². The lowest BCUT2D eigenvalue weighted by Gasteiger charge is -2.33. The van der Waals surface area contributed by atoms with Crippen LogP contribution in [0, 0.1) is 6.92 Å². The Labute approximate surface area is 185 Å². The molecule has 5 nitrogen and oxygen atoms in total. The van der Waals surface area contributed by atoms with Gasteiger partial charge >= 0.3 is 0 Å². The van der Waals surface area contributed by atoms with E-state index in [0.29, 0.717) is 21.4 Å². The van der Waals surface area contributed by atoms with Gasteiger partial charge in [-0.2, -0.15) is 5.10 Å². The molecule has 5 rings (SSSR count). The zero-order chi connectivity index (χ0) is 21.0. The van der Waals surface area contributed by atoms with E-state index in [-0.39, 0.29) is 6.04 Å². The quantitative estimate of drug-likeness (QED) is 0.612. The molecular formula is C23H22Cl2N4O. The van der Waals surface area contributed by atoms with Crippen molar-refractivity contribution < 1.29 is 4.79 Å². The molecule has 1 saturated heterocycles. The predicted molar refractivity (Wildman–Crippen MR) is 120 cm³/mol. The Hall–Kier alpha value is -2.34. The van der Waals surface area contributed by atoms with E-state index in [1.807, 2.05) is 6.07 Å². The minimum Gasteiger partial charge on any atom is -0.364 e. The summed E-state index contributed by atoms with van der Waals surface area (Å²) in [4.78, 5) is 14.9. The molecule has 2 aromatic carbocycles. The fourth-order valence-corrected chi connectivity index (χ4v) is 5.28. The number of rotatable bonds is 3. The number of carbonyl (C=O) groups is 1. The molecule has 3 aromatic rings. The monoisotopic (exact) mass is 440 g/mol. The van der Waals surface area contributed by atoms with Crippen LogP contribution >= 0.6 is 23.2 Å². The van der Waals surface area contributed by atoms with Crippen molar-refractivity contribution in [1.82, 2.24) is 14.7 Å². The summed E-state index contributed by atoms with van der Waals surface area (Å²) in [6.07, 6.45) is 3.53. The van der Waals surface area contributed by atoms with Crippen molar-refractivity contribution in [2.45, 2.75) is 32.2 Å². The largest absolute Gasteiger partial charge is 0.364 e. The molecule has 154 valence electrons. The number of hydrogen-bond acceptors (Lipinski definition) is 3. The van der Waals surface area contributed by atoms with Crippen LogP contribution < -0.4 is 5.73 Å². The van der Waals surface area contributed by atoms with Crippen molar-refractivity contribution in [3.63, 3.8) is 0 Å². The van der Waals surface area contributed by atoms with Crippen LogP contribution in [0.1, 0.15) is 52.5 Å². The van der Waals surface area contributed by atoms with Gasteiger partial charge in [-0.05, 0) is 56.6 Å². The zero-order valence-corrected chi connectivity index (χ0v) is 18.2. The van der Waals surface area contributed by atoms with Crippen molar-refractivity contribution in [3.8, 4) is 16.9 Å². The van der Waals surface area contributed by atoms with Crippen LogP contribution in [-0.2, 0) is 0 Å². The number of hydrogen-bond donors (Lipinski definition) is 1. The maximum atomic E-state index is 12.5. The minimum absolute atomic E-state index is 0.0301. The molecule has 0 radical (unpaired) electrons. The van der Waals surface area contributed by atoms with Crippen LogP contribution in [-0.4, -0.2) is 33.7 Å². The summed E-state index contributed by atoms with van der Waals surface area (Å²) in [7, 11) is 0. The van der Waals surface area contributed by atoms with Gasteiger partial charge in [0.25, 0.3) is 5.91 Å². The molecule has 1 aromatic heterocycles. The Morgan fingerprint density at radius 3 is 2.57 bits per heavy atom. The molecule has 30 heavy (non-hydrogen) atoms. The van der Waals surface area contributed by atoms with E-state index in [4.69, 9.17) is 28.9 Å². The Balaban J connectivity index is 1.80. The van der Waals surface area contributed by atoms with Gasteiger partial charge in [-0.3, -0.25) is 9.69 Å². The fraction of sp³-hybridized carbons (Fsp3) is 0.304. The van der Waals surface area contributed by atoms with Crippen LogP contribution in [0.15, 0.2) is 36.4 Å². The summed E-state index contributed by atoms with van der Waals surface area (Å²) in [5.41, 5.74) is 12.0. The molecule has 1 fully saturated rings. The number of primary amides is 1. The van der Waals surface area contributed by atoms with Gasteiger partial charge in [0.05, 0.1) is 22.4 Å². The first-order valence-electron chi connectivity index (χ1n) is 10.2. The average molecular weight is 441 g/mol. The van der Waals surface area contributed by atoms with Crippen molar-refractivity contribution in [1.29, 1.82) is 0 Å². The second-order valence-corrected chi connectivity index (χ2v) is 8.92. The minimum atomic E-state index is -0.526. The van der Waals surface area contributed by atoms with E-state index < -0.39 is 5.91 Å². The van der Waals surface area contributed by atoms with Gasteiger partial charge < -0.3 is 5.73 Å². The number of halogens is 2. The molecule has 1 aliphatic carbocycles. The number of aromatic nitrogens is 2. The standard InChI is InChI=1S/C23H22Cl2N4O/c1-13-5-7-15-16(11-13)21(28-9-3-2-4-10-28)19-20(23(26)30)27-29(22(15)19)18-8-6-14(24)12-17(18)25/h5-8,11-12,21H,2-4,9-10H2,1H3,(H2,26,30). The first-order chi connectivity index (χ1) is 14.5. The van der Waals surface area contributed by atoms with Gasteiger partial charge in [0.1, 0.15) is 0 Å². The van der Waals surface area contributed by atoms with Gasteiger partial charge in [-0.15, -0.1) is 0 Å². The summed E-state index contributed by atoms with van der Waals surface area (Å²) >= 11 is 12.6. The van der Waals surface area contributed by atoms with Gasteiger partial charge in [0.2, 0.25) is 0 Å². The number of carbonyl (C=O) groups excluding carboxylic acids is 1. The van der Waals surface area contributed by atoms with Crippen molar-refractivity contribution in [2.24, 2.45) is 5.73 Å². The topological polar surface area (TPSA) is 64.2 Å². The maximum Gasteiger partial charge on any atom is 0.269 e. The van der Waals surface area contributed by atoms with Crippen LogP contribution in [0.5, 0.6) is 0 Å². The van der Waals surface area contributed by atoms with Crippen LogP contribution in [0.4, 0.5) is 0 Å². The first kappa shape index (κ1) is 19.6. The molecular weight excluding hydrogens is 419 g/mol. The number of aryl methyl sites for hydroxylation is 1. The van der Waals surface area contributed by atoms with Gasteiger partial charge in [-0.25, -0.2) is 4.68 Å². The number of nitrogens with zero attached hydrogens (tertiary/aromatic N) is 3. The van der Waals surface area contributed by atoms with Crippen LogP contribution in [0.3, 0.4) is 0 Å². The second-order valence-electron chi connectivity index (χ2n) is 8.07. The Kier molecular flexibility index (Phi) is 4.85. The van der Waals surface area contributed by atoms with Gasteiger partial charge in [-0.1, -0.05) is 53.4 Å². The highest BCUT2D eigenvalue weighted by atomic mass is 35.5. The zero-order valence-electron chi connectivity index (χ0n) is 16.7. The fourth-order valence-electron chi connectivity index (χ4n) is 4.79. The Morgan fingerprint density at radius 1 is 1.10 bits per heavy atom. The van der Waals surface area contributed by atoms with E-state index in [1.54, 1.807) is 16.8 Å². The number of piperidine rings is 1. The van der Waals surface area contributed by atoms with Crippen LogP contribution in [0.25, 0.3) is 16.9 Å². The van der Waals surface area contributed by atoms with Gasteiger partial charge in [0.15, 0.2) is 5.69 Å². The first-order valence-corrected chi connectivity index (χ1v) is 10.9. The third-order valence-electron chi connectivity index (χ3n) is 6.08. The molecule has 0 saturated carbocycles. The number of fused-ring (bicyclic) bond motifs is 3. The summed E-state index contributed by atoms with van der Waals surface area (Å²) in [5.74, 6) is -0.526.